The van der Waals surface area contributed by atoms with Gasteiger partial charge in [-0.25, -0.2) is 9.97 Å². The first-order valence-electron chi connectivity index (χ1n) is 7.30. The number of hydrogen-bond acceptors (Lipinski definition) is 4. The van der Waals surface area contributed by atoms with E-state index in [4.69, 9.17) is 4.74 Å². The zero-order valence-electron chi connectivity index (χ0n) is 12.8. The molecule has 1 aromatic rings. The van der Waals surface area contributed by atoms with Crippen LogP contribution in [0.1, 0.15) is 49.5 Å². The summed E-state index contributed by atoms with van der Waals surface area (Å²) in [7, 11) is 0. The first-order valence-corrected chi connectivity index (χ1v) is 7.30. The van der Waals surface area contributed by atoms with Gasteiger partial charge in [-0.15, -0.1) is 0 Å². The van der Waals surface area contributed by atoms with Crippen molar-refractivity contribution in [2.45, 2.75) is 53.6 Å². The average molecular weight is 265 g/mol. The quantitative estimate of drug-likeness (QED) is 0.697. The molecule has 0 radical (unpaired) electrons. The van der Waals surface area contributed by atoms with E-state index in [0.29, 0.717) is 6.61 Å². The molecule has 0 saturated heterocycles. The Morgan fingerprint density at radius 1 is 1.11 bits per heavy atom. The fourth-order valence-corrected chi connectivity index (χ4v) is 2.11. The summed E-state index contributed by atoms with van der Waals surface area (Å²) >= 11 is 0. The van der Waals surface area contributed by atoms with Crippen molar-refractivity contribution in [3.63, 3.8) is 0 Å². The molecular weight excluding hydrogens is 238 g/mol. The fourth-order valence-electron chi connectivity index (χ4n) is 2.11. The van der Waals surface area contributed by atoms with Crippen molar-refractivity contribution in [3.05, 3.63) is 22.8 Å². The van der Waals surface area contributed by atoms with Crippen LogP contribution in [0.3, 0.4) is 0 Å². The standard InChI is InChI=1S/C15H27N3O/c1-5-10-19-11-15-17-12(3)14(13(4)18-15)8-7-9-16-6-2/h16H,5-11H2,1-4H3. The minimum atomic E-state index is 0.521. The lowest BCUT2D eigenvalue weighted by atomic mass is 10.1. The van der Waals surface area contributed by atoms with Gasteiger partial charge in [0.1, 0.15) is 6.61 Å². The van der Waals surface area contributed by atoms with Crippen molar-refractivity contribution in [1.82, 2.24) is 15.3 Å². The van der Waals surface area contributed by atoms with Gasteiger partial charge in [0.05, 0.1) is 0 Å². The van der Waals surface area contributed by atoms with E-state index in [9.17, 15) is 0 Å². The molecule has 1 N–H and O–H groups in total. The maximum absolute atomic E-state index is 5.50. The summed E-state index contributed by atoms with van der Waals surface area (Å²) in [6.07, 6.45) is 3.20. The lowest BCUT2D eigenvalue weighted by Gasteiger charge is -2.11. The van der Waals surface area contributed by atoms with Crippen LogP contribution in [0, 0.1) is 13.8 Å². The summed E-state index contributed by atoms with van der Waals surface area (Å²) < 4.78 is 5.50. The Morgan fingerprint density at radius 3 is 2.37 bits per heavy atom. The molecular formula is C15H27N3O. The Bertz CT molecular complexity index is 357. The summed E-state index contributed by atoms with van der Waals surface area (Å²) in [5, 5.41) is 3.34. The molecule has 0 aromatic carbocycles. The summed E-state index contributed by atoms with van der Waals surface area (Å²) in [5.41, 5.74) is 3.48. The number of aryl methyl sites for hydroxylation is 2. The zero-order valence-corrected chi connectivity index (χ0v) is 12.8. The van der Waals surface area contributed by atoms with E-state index >= 15 is 0 Å². The van der Waals surface area contributed by atoms with Crippen LogP contribution in [0.5, 0.6) is 0 Å². The molecule has 4 nitrogen and oxygen atoms in total. The molecule has 0 aliphatic carbocycles. The number of nitrogens with zero attached hydrogens (tertiary/aromatic N) is 2. The van der Waals surface area contributed by atoms with Crippen LogP contribution in [-0.2, 0) is 17.8 Å². The van der Waals surface area contributed by atoms with Crippen molar-refractivity contribution in [3.8, 4) is 0 Å². The SMILES string of the molecule is CCCOCc1nc(C)c(CCCNCC)c(C)n1. The number of ether oxygens (including phenoxy) is 1. The summed E-state index contributed by atoms with van der Waals surface area (Å²) in [6.45, 7) is 11.7. The van der Waals surface area contributed by atoms with Gasteiger partial charge in [-0.3, -0.25) is 0 Å². The first kappa shape index (κ1) is 16.1. The minimum Gasteiger partial charge on any atom is -0.373 e. The second kappa shape index (κ2) is 8.99. The van der Waals surface area contributed by atoms with Gasteiger partial charge in [0, 0.05) is 18.0 Å². The molecule has 0 bridgehead atoms. The van der Waals surface area contributed by atoms with Crippen molar-refractivity contribution in [2.24, 2.45) is 0 Å². The van der Waals surface area contributed by atoms with E-state index in [1.165, 1.54) is 5.56 Å². The van der Waals surface area contributed by atoms with Crippen LogP contribution < -0.4 is 5.32 Å². The molecule has 0 aliphatic rings. The van der Waals surface area contributed by atoms with Gasteiger partial charge in [0.15, 0.2) is 5.82 Å². The second-order valence-corrected chi connectivity index (χ2v) is 4.80. The smallest absolute Gasteiger partial charge is 0.154 e. The van der Waals surface area contributed by atoms with Gasteiger partial charge in [-0.05, 0) is 51.8 Å². The summed E-state index contributed by atoms with van der Waals surface area (Å²) in [6, 6.07) is 0. The van der Waals surface area contributed by atoms with Gasteiger partial charge in [-0.2, -0.15) is 0 Å². The third kappa shape index (κ3) is 5.66. The average Bonchev–Trinajstić information content (AvgIpc) is 2.37. The normalized spacial score (nSPS) is 10.9. The van der Waals surface area contributed by atoms with Crippen LogP contribution >= 0.6 is 0 Å². The Kier molecular flexibility index (Phi) is 7.60. The highest BCUT2D eigenvalue weighted by molar-refractivity contribution is 5.24. The zero-order chi connectivity index (χ0) is 14.1. The fraction of sp³-hybridized carbons (Fsp3) is 0.733. The van der Waals surface area contributed by atoms with E-state index in [2.05, 4.69) is 43.0 Å². The van der Waals surface area contributed by atoms with Gasteiger partial charge in [0.2, 0.25) is 0 Å². The highest BCUT2D eigenvalue weighted by atomic mass is 16.5. The Labute approximate surface area is 117 Å². The summed E-state index contributed by atoms with van der Waals surface area (Å²) in [4.78, 5) is 9.10. The van der Waals surface area contributed by atoms with Crippen LogP contribution in [0.4, 0.5) is 0 Å². The van der Waals surface area contributed by atoms with E-state index in [1.807, 2.05) is 0 Å². The van der Waals surface area contributed by atoms with Gasteiger partial charge in [-0.1, -0.05) is 13.8 Å². The molecule has 0 atom stereocenters. The molecule has 1 rings (SSSR count). The molecule has 0 unspecified atom stereocenters. The topological polar surface area (TPSA) is 47.0 Å². The minimum absolute atomic E-state index is 0.521. The molecule has 19 heavy (non-hydrogen) atoms. The Morgan fingerprint density at radius 2 is 1.79 bits per heavy atom. The Hall–Kier alpha value is -1.00. The molecule has 0 fully saturated rings. The van der Waals surface area contributed by atoms with Crippen LogP contribution in [-0.4, -0.2) is 29.7 Å². The van der Waals surface area contributed by atoms with Crippen molar-refractivity contribution in [1.29, 1.82) is 0 Å². The largest absolute Gasteiger partial charge is 0.373 e. The molecule has 4 heteroatoms. The van der Waals surface area contributed by atoms with Gasteiger partial charge in [0.25, 0.3) is 0 Å². The molecule has 0 amide bonds. The maximum atomic E-state index is 5.50. The third-order valence-electron chi connectivity index (χ3n) is 3.08. The number of nitrogens with one attached hydrogen (secondary N) is 1. The summed E-state index contributed by atoms with van der Waals surface area (Å²) in [5.74, 6) is 0.805. The molecule has 0 aliphatic heterocycles. The van der Waals surface area contributed by atoms with Crippen LogP contribution in [0.15, 0.2) is 0 Å². The number of aromatic nitrogens is 2. The van der Waals surface area contributed by atoms with Crippen LogP contribution in [0.25, 0.3) is 0 Å². The third-order valence-corrected chi connectivity index (χ3v) is 3.08. The monoisotopic (exact) mass is 265 g/mol. The lowest BCUT2D eigenvalue weighted by molar-refractivity contribution is 0.116. The maximum Gasteiger partial charge on any atom is 0.154 e. The van der Waals surface area contributed by atoms with E-state index in [1.54, 1.807) is 0 Å². The molecule has 108 valence electrons. The van der Waals surface area contributed by atoms with Crippen molar-refractivity contribution < 1.29 is 4.74 Å². The predicted octanol–water partition coefficient (Wildman–Crippen LogP) is 2.56. The van der Waals surface area contributed by atoms with Crippen LogP contribution in [0.2, 0.25) is 0 Å². The van der Waals surface area contributed by atoms with Gasteiger partial charge >= 0.3 is 0 Å². The van der Waals surface area contributed by atoms with Crippen molar-refractivity contribution >= 4 is 0 Å². The first-order chi connectivity index (χ1) is 9.19. The molecule has 1 heterocycles. The highest BCUT2D eigenvalue weighted by Gasteiger charge is 2.08. The van der Waals surface area contributed by atoms with Gasteiger partial charge < -0.3 is 10.1 Å². The molecule has 1 aromatic heterocycles. The van der Waals surface area contributed by atoms with E-state index in [0.717, 1.165) is 56.2 Å². The highest BCUT2D eigenvalue weighted by Crippen LogP contribution is 2.13. The second-order valence-electron chi connectivity index (χ2n) is 4.80. The molecule has 0 saturated carbocycles. The molecule has 0 spiro atoms. The van der Waals surface area contributed by atoms with E-state index < -0.39 is 0 Å². The Balaban J connectivity index is 2.58. The number of rotatable bonds is 9. The van der Waals surface area contributed by atoms with E-state index in [-0.39, 0.29) is 0 Å². The predicted molar refractivity (Wildman–Crippen MR) is 78.3 cm³/mol. The number of hydrogen-bond donors (Lipinski definition) is 1. The van der Waals surface area contributed by atoms with Crippen molar-refractivity contribution in [2.75, 3.05) is 19.7 Å². The lowest BCUT2D eigenvalue weighted by Crippen LogP contribution is -2.15.